The van der Waals surface area contributed by atoms with E-state index in [1.807, 2.05) is 0 Å². The Morgan fingerprint density at radius 2 is 0.679 bits per heavy atom. The standard InChI is InChI=1S/2C31H27.C12H9Si.2ClH.Zr/c2*1-31(2,3)25-20-24-18-19-27(23-14-8-5-9-15-23)30(29(24)21-25)28-17-11-10-16-26(28)22-12-6-4-7-13-22;1-3-7-11-9(5-1)10-6-2-4-8-12(10)13-11;;;/h2*4-21H,1-3H3;1-7H,13H2;2*1H;/q;;;;;+2/p-2. The van der Waals surface area contributed by atoms with Gasteiger partial charge in [-0.15, -0.1) is 0 Å². The van der Waals surface area contributed by atoms with Gasteiger partial charge in [-0.1, -0.05) is 0 Å². The third-order valence-electron chi connectivity index (χ3n) is 17.3. The molecule has 1 aliphatic heterocycles. The number of halogens is 2. The van der Waals surface area contributed by atoms with Crippen LogP contribution >= 0.6 is 17.0 Å². The molecule has 78 heavy (non-hydrogen) atoms. The SMILES string of the molecule is CC(C)(C)C1=Cc2c(ccc(-c3ccccc3)c2-c2ccccc2-c2ccccc2)[CH]1[Zr]([Cl])([Cl])([c]1cccc2c1[SiH2]c1ccccc1-2)[CH]1C(C(C)(C)C)=Cc2c1ccc(-c1ccccc1)c2-c1ccccc1-c1ccccc1. The van der Waals surface area contributed by atoms with Crippen molar-refractivity contribution < 1.29 is 16.4 Å². The van der Waals surface area contributed by atoms with Gasteiger partial charge >= 0.3 is 476 Å². The van der Waals surface area contributed by atoms with Crippen LogP contribution < -0.4 is 13.6 Å². The number of hydrogen-bond donors (Lipinski definition) is 0. The third-order valence-corrected chi connectivity index (χ3v) is 39.8. The van der Waals surface area contributed by atoms with Crippen LogP contribution in [0.3, 0.4) is 0 Å². The normalized spacial score (nSPS) is 16.4. The summed E-state index contributed by atoms with van der Waals surface area (Å²) < 4.78 is 0.645. The quantitative estimate of drug-likeness (QED) is 0.126. The van der Waals surface area contributed by atoms with Crippen LogP contribution in [-0.4, -0.2) is 9.52 Å². The molecular formula is C74H63Cl2SiZr. The zero-order valence-electron chi connectivity index (χ0n) is 45.3. The second kappa shape index (κ2) is 19.3. The summed E-state index contributed by atoms with van der Waals surface area (Å²) in [7, 11) is 18.8. The first-order valence-electron chi connectivity index (χ1n) is 27.7. The molecule has 10 aromatic carbocycles. The zero-order valence-corrected chi connectivity index (χ0v) is 50.7. The Balaban J connectivity index is 1.17. The van der Waals surface area contributed by atoms with Gasteiger partial charge in [0, 0.05) is 0 Å². The predicted octanol–water partition coefficient (Wildman–Crippen LogP) is 18.8. The van der Waals surface area contributed by atoms with Gasteiger partial charge in [0.1, 0.15) is 0 Å². The van der Waals surface area contributed by atoms with Crippen LogP contribution in [-0.2, 0) is 16.4 Å². The molecule has 1 heterocycles. The first kappa shape index (κ1) is 50.8. The monoisotopic (exact) mass is 1140 g/mol. The maximum atomic E-state index is 9.90. The first-order chi connectivity index (χ1) is 37.7. The van der Waals surface area contributed by atoms with Crippen LogP contribution in [0.2, 0.25) is 0 Å². The van der Waals surface area contributed by atoms with Gasteiger partial charge in [-0.2, -0.15) is 0 Å². The van der Waals surface area contributed by atoms with E-state index in [4.69, 9.17) is 0 Å². The van der Waals surface area contributed by atoms with Crippen molar-refractivity contribution in [3.63, 3.8) is 0 Å². The van der Waals surface area contributed by atoms with E-state index in [9.17, 15) is 17.0 Å². The molecule has 0 spiro atoms. The molecule has 0 radical (unpaired) electrons. The van der Waals surface area contributed by atoms with Crippen LogP contribution in [0.1, 0.15) is 71.0 Å². The summed E-state index contributed by atoms with van der Waals surface area (Å²) in [5.74, 6) is 0. The molecular weight excluding hydrogens is 1080 g/mol. The van der Waals surface area contributed by atoms with Crippen molar-refractivity contribution in [1.29, 1.82) is 0 Å². The van der Waals surface area contributed by atoms with E-state index < -0.39 is 25.9 Å². The van der Waals surface area contributed by atoms with Crippen molar-refractivity contribution in [3.05, 3.63) is 270 Å². The van der Waals surface area contributed by atoms with Gasteiger partial charge < -0.3 is 0 Å². The Morgan fingerprint density at radius 3 is 1.09 bits per heavy atom. The summed E-state index contributed by atoms with van der Waals surface area (Å²) in [6, 6.07) is 87.5. The van der Waals surface area contributed by atoms with Crippen LogP contribution in [0.25, 0.3) is 90.0 Å². The number of benzene rings is 10. The Bertz CT molecular complexity index is 3830. The molecule has 0 bridgehead atoms. The maximum absolute atomic E-state index is 9.90. The fourth-order valence-electron chi connectivity index (χ4n) is 13.9. The fraction of sp³-hybridized carbons (Fsp3) is 0.135. The molecule has 2 aliphatic carbocycles. The number of rotatable bonds is 9. The minimum absolute atomic E-state index is 0.294. The van der Waals surface area contributed by atoms with Crippen LogP contribution in [0, 0.1) is 10.8 Å². The van der Waals surface area contributed by atoms with E-state index in [0.29, 0.717) is 0 Å². The Kier molecular flexibility index (Phi) is 12.6. The van der Waals surface area contributed by atoms with Crippen molar-refractivity contribution in [2.24, 2.45) is 10.8 Å². The zero-order chi connectivity index (χ0) is 53.6. The van der Waals surface area contributed by atoms with Gasteiger partial charge in [0.2, 0.25) is 0 Å². The van der Waals surface area contributed by atoms with Crippen LogP contribution in [0.15, 0.2) is 248 Å². The van der Waals surface area contributed by atoms with Crippen molar-refractivity contribution in [1.82, 2.24) is 0 Å². The molecule has 4 heteroatoms. The van der Waals surface area contributed by atoms with Gasteiger partial charge in [0.05, 0.1) is 0 Å². The Labute approximate surface area is 472 Å². The Morgan fingerprint density at radius 1 is 0.333 bits per heavy atom. The van der Waals surface area contributed by atoms with Crippen molar-refractivity contribution in [2.45, 2.75) is 48.8 Å². The molecule has 0 nitrogen and oxygen atoms in total. The minimum atomic E-state index is -6.15. The number of allylic oxidation sites excluding steroid dienone is 2. The van der Waals surface area contributed by atoms with Crippen LogP contribution in [0.4, 0.5) is 0 Å². The van der Waals surface area contributed by atoms with Crippen molar-refractivity contribution in [3.8, 4) is 77.9 Å². The molecule has 381 valence electrons. The first-order valence-corrected chi connectivity index (χ1v) is 39.5. The second-order valence-corrected chi connectivity index (χ2v) is 46.4. The van der Waals surface area contributed by atoms with Crippen molar-refractivity contribution in [2.75, 3.05) is 0 Å². The summed E-state index contributed by atoms with van der Waals surface area (Å²) in [4.78, 5) is 0. The molecule has 0 amide bonds. The molecule has 13 rings (SSSR count). The predicted molar refractivity (Wildman–Crippen MR) is 337 cm³/mol. The van der Waals surface area contributed by atoms with E-state index in [-0.39, 0.29) is 18.1 Å². The fourth-order valence-corrected chi connectivity index (χ4v) is 42.2. The molecule has 0 aromatic heterocycles. The molecule has 2 atom stereocenters. The van der Waals surface area contributed by atoms with Gasteiger partial charge in [-0.3, -0.25) is 0 Å². The van der Waals surface area contributed by atoms with E-state index >= 15 is 0 Å². The summed E-state index contributed by atoms with van der Waals surface area (Å²) in [5, 5.41) is 2.88. The molecule has 10 aromatic rings. The second-order valence-electron chi connectivity index (χ2n) is 23.9. The molecule has 0 saturated heterocycles. The van der Waals surface area contributed by atoms with Crippen LogP contribution in [0.5, 0.6) is 0 Å². The van der Waals surface area contributed by atoms with E-state index in [1.54, 1.807) is 0 Å². The van der Waals surface area contributed by atoms with Gasteiger partial charge in [-0.05, 0) is 0 Å². The summed E-state index contributed by atoms with van der Waals surface area (Å²) in [6.45, 7) is 14.4. The van der Waals surface area contributed by atoms with E-state index in [0.717, 1.165) is 0 Å². The molecule has 0 fully saturated rings. The average molecular weight is 1140 g/mol. The molecule has 0 saturated carbocycles. The van der Waals surface area contributed by atoms with Crippen molar-refractivity contribution >= 4 is 52.3 Å². The van der Waals surface area contributed by atoms with E-state index in [1.165, 1.54) is 125 Å². The van der Waals surface area contributed by atoms with Gasteiger partial charge in [-0.25, -0.2) is 0 Å². The number of hydrogen-bond acceptors (Lipinski definition) is 0. The summed E-state index contributed by atoms with van der Waals surface area (Å²) >= 11 is -6.15. The molecule has 3 aliphatic rings. The molecule has 2 unspecified atom stereocenters. The Hall–Kier alpha value is -6.64. The summed E-state index contributed by atoms with van der Waals surface area (Å²) in [6.07, 6.45) is 5.13. The van der Waals surface area contributed by atoms with Gasteiger partial charge in [0.25, 0.3) is 0 Å². The average Bonchev–Trinajstić information content (AvgIpc) is 4.31. The number of fused-ring (bicyclic) bond motifs is 5. The van der Waals surface area contributed by atoms with Gasteiger partial charge in [0.15, 0.2) is 0 Å². The third kappa shape index (κ3) is 8.24. The summed E-state index contributed by atoms with van der Waals surface area (Å²) in [5.41, 5.74) is 23.9. The topological polar surface area (TPSA) is 0 Å². The molecule has 0 N–H and O–H groups in total. The van der Waals surface area contributed by atoms with E-state index in [2.05, 4.69) is 290 Å².